The predicted molar refractivity (Wildman–Crippen MR) is 140 cm³/mol. The molecule has 2 aromatic carbocycles. The zero-order chi connectivity index (χ0) is 25.5. The van der Waals surface area contributed by atoms with Crippen LogP contribution in [-0.2, 0) is 21.5 Å². The summed E-state index contributed by atoms with van der Waals surface area (Å²) < 4.78 is 5.80. The molecule has 0 aliphatic carbocycles. The number of hydrogen-bond acceptors (Lipinski definition) is 3. The van der Waals surface area contributed by atoms with Gasteiger partial charge in [0, 0.05) is 28.7 Å². The number of nitrogens with zero attached hydrogens (tertiary/aromatic N) is 1. The smallest absolute Gasteiger partial charge is 0.261 e. The number of rotatable bonds is 10. The number of benzene rings is 2. The molecular formula is C27H36Cl2N2O3. The summed E-state index contributed by atoms with van der Waals surface area (Å²) in [6.07, 6.45) is 0.442. The second-order valence-corrected chi connectivity index (χ2v) is 10.7. The van der Waals surface area contributed by atoms with E-state index in [2.05, 4.69) is 26.1 Å². The fourth-order valence-corrected chi connectivity index (χ4v) is 3.99. The lowest BCUT2D eigenvalue weighted by molar-refractivity contribution is -0.143. The van der Waals surface area contributed by atoms with E-state index >= 15 is 0 Å². The summed E-state index contributed by atoms with van der Waals surface area (Å²) in [5.41, 5.74) is 1.80. The van der Waals surface area contributed by atoms with Crippen LogP contribution in [-0.4, -0.2) is 35.9 Å². The third kappa shape index (κ3) is 7.92. The van der Waals surface area contributed by atoms with Gasteiger partial charge in [-0.3, -0.25) is 9.59 Å². The van der Waals surface area contributed by atoms with Crippen molar-refractivity contribution in [3.8, 4) is 5.75 Å². The Hall–Kier alpha value is -2.24. The Labute approximate surface area is 213 Å². The molecule has 7 heteroatoms. The van der Waals surface area contributed by atoms with Crippen LogP contribution in [0.25, 0.3) is 0 Å². The predicted octanol–water partition coefficient (Wildman–Crippen LogP) is 6.25. The Bertz CT molecular complexity index is 949. The van der Waals surface area contributed by atoms with Crippen LogP contribution in [0.15, 0.2) is 42.5 Å². The van der Waals surface area contributed by atoms with Gasteiger partial charge in [-0.1, -0.05) is 82.9 Å². The number of hydrogen-bond donors (Lipinski definition) is 1. The molecular weight excluding hydrogens is 471 g/mol. The maximum Gasteiger partial charge on any atom is 0.261 e. The molecule has 2 aromatic rings. The number of nitrogens with one attached hydrogen (secondary N) is 1. The van der Waals surface area contributed by atoms with Gasteiger partial charge in [-0.2, -0.15) is 0 Å². The molecule has 186 valence electrons. The van der Waals surface area contributed by atoms with Gasteiger partial charge in [0.15, 0.2) is 6.61 Å². The lowest BCUT2D eigenvalue weighted by atomic mass is 9.87. The number of halogens is 2. The standard InChI is InChI=1S/C27H36Cl2N2O3/c1-7-24(26(33)30-15-18(2)3)31(16-21-22(28)9-8-10-23(21)29)25(32)17-34-20-13-11-19(12-14-20)27(4,5)6/h8-14,18,24H,7,15-17H2,1-6H3,(H,30,33). The number of carbonyl (C=O) groups is 2. The Kier molecular flexibility index (Phi) is 10.3. The minimum atomic E-state index is -0.676. The molecule has 0 bridgehead atoms. The first-order chi connectivity index (χ1) is 15.9. The van der Waals surface area contributed by atoms with Crippen molar-refractivity contribution in [1.82, 2.24) is 10.2 Å². The molecule has 1 unspecified atom stereocenters. The first-order valence-electron chi connectivity index (χ1n) is 11.7. The van der Waals surface area contributed by atoms with Crippen molar-refractivity contribution in [3.05, 3.63) is 63.6 Å². The highest BCUT2D eigenvalue weighted by atomic mass is 35.5. The molecule has 0 fully saturated rings. The van der Waals surface area contributed by atoms with Gasteiger partial charge in [-0.25, -0.2) is 0 Å². The maximum absolute atomic E-state index is 13.3. The summed E-state index contributed by atoms with van der Waals surface area (Å²) in [5.74, 6) is 0.363. The van der Waals surface area contributed by atoms with E-state index in [4.69, 9.17) is 27.9 Å². The summed E-state index contributed by atoms with van der Waals surface area (Å²) in [5, 5.41) is 3.83. The molecule has 0 saturated heterocycles. The quantitative estimate of drug-likeness (QED) is 0.414. The van der Waals surface area contributed by atoms with Gasteiger partial charge >= 0.3 is 0 Å². The highest BCUT2D eigenvalue weighted by Crippen LogP contribution is 2.27. The van der Waals surface area contributed by atoms with Crippen LogP contribution in [0.5, 0.6) is 5.75 Å². The average molecular weight is 508 g/mol. The summed E-state index contributed by atoms with van der Waals surface area (Å²) in [6.45, 7) is 12.8. The molecule has 2 rings (SSSR count). The molecule has 0 heterocycles. The van der Waals surface area contributed by atoms with Crippen molar-refractivity contribution in [3.63, 3.8) is 0 Å². The highest BCUT2D eigenvalue weighted by molar-refractivity contribution is 6.36. The van der Waals surface area contributed by atoms with Gasteiger partial charge in [-0.15, -0.1) is 0 Å². The van der Waals surface area contributed by atoms with E-state index in [1.54, 1.807) is 18.2 Å². The molecule has 0 aliphatic rings. The lowest BCUT2D eigenvalue weighted by Gasteiger charge is -2.31. The average Bonchev–Trinajstić information content (AvgIpc) is 2.77. The fourth-order valence-electron chi connectivity index (χ4n) is 3.47. The third-order valence-electron chi connectivity index (χ3n) is 5.54. The SMILES string of the molecule is CCC(C(=O)NCC(C)C)N(Cc1c(Cl)cccc1Cl)C(=O)COc1ccc(C(C)(C)C)cc1. The molecule has 0 saturated carbocycles. The topological polar surface area (TPSA) is 58.6 Å². The van der Waals surface area contributed by atoms with Crippen LogP contribution < -0.4 is 10.1 Å². The third-order valence-corrected chi connectivity index (χ3v) is 6.25. The van der Waals surface area contributed by atoms with Crippen LogP contribution in [0.1, 0.15) is 59.1 Å². The van der Waals surface area contributed by atoms with Gasteiger partial charge in [-0.05, 0) is 47.6 Å². The van der Waals surface area contributed by atoms with Gasteiger partial charge in [0.05, 0.1) is 0 Å². The summed E-state index contributed by atoms with van der Waals surface area (Å²) >= 11 is 12.8. The fraction of sp³-hybridized carbons (Fsp3) is 0.481. The normalized spacial score (nSPS) is 12.4. The molecule has 1 atom stereocenters. The molecule has 1 N–H and O–H groups in total. The zero-order valence-electron chi connectivity index (χ0n) is 21.0. The van der Waals surface area contributed by atoms with Gasteiger partial charge in [0.25, 0.3) is 5.91 Å². The zero-order valence-corrected chi connectivity index (χ0v) is 22.5. The molecule has 2 amide bonds. The van der Waals surface area contributed by atoms with Gasteiger partial charge < -0.3 is 15.0 Å². The number of amides is 2. The minimum absolute atomic E-state index is 0.0249. The second-order valence-electron chi connectivity index (χ2n) is 9.85. The lowest BCUT2D eigenvalue weighted by Crippen LogP contribution is -2.50. The van der Waals surface area contributed by atoms with Crippen molar-refractivity contribution in [2.24, 2.45) is 5.92 Å². The highest BCUT2D eigenvalue weighted by Gasteiger charge is 2.30. The van der Waals surface area contributed by atoms with Crippen LogP contribution in [0, 0.1) is 5.92 Å². The molecule has 0 aliphatic heterocycles. The Morgan fingerprint density at radius 3 is 2.12 bits per heavy atom. The summed E-state index contributed by atoms with van der Waals surface area (Å²) in [4.78, 5) is 27.8. The summed E-state index contributed by atoms with van der Waals surface area (Å²) in [6, 6.07) is 12.2. The van der Waals surface area contributed by atoms with Crippen LogP contribution in [0.4, 0.5) is 0 Å². The molecule has 0 radical (unpaired) electrons. The Balaban J connectivity index is 2.24. The minimum Gasteiger partial charge on any atom is -0.484 e. The van der Waals surface area contributed by atoms with E-state index in [1.807, 2.05) is 45.0 Å². The van der Waals surface area contributed by atoms with Gasteiger partial charge in [0.1, 0.15) is 11.8 Å². The molecule has 0 aromatic heterocycles. The van der Waals surface area contributed by atoms with E-state index < -0.39 is 6.04 Å². The van der Waals surface area contributed by atoms with Crippen LogP contribution in [0.3, 0.4) is 0 Å². The van der Waals surface area contributed by atoms with E-state index in [-0.39, 0.29) is 30.4 Å². The van der Waals surface area contributed by atoms with Crippen molar-refractivity contribution < 1.29 is 14.3 Å². The van der Waals surface area contributed by atoms with Crippen molar-refractivity contribution in [1.29, 1.82) is 0 Å². The van der Waals surface area contributed by atoms with Crippen molar-refractivity contribution >= 4 is 35.0 Å². The van der Waals surface area contributed by atoms with Crippen LogP contribution in [0.2, 0.25) is 10.0 Å². The van der Waals surface area contributed by atoms with E-state index in [0.29, 0.717) is 40.2 Å². The van der Waals surface area contributed by atoms with E-state index in [1.165, 1.54) is 10.5 Å². The maximum atomic E-state index is 13.3. The first-order valence-corrected chi connectivity index (χ1v) is 12.4. The second kappa shape index (κ2) is 12.5. The molecule has 34 heavy (non-hydrogen) atoms. The first kappa shape index (κ1) is 28.0. The largest absolute Gasteiger partial charge is 0.484 e. The number of ether oxygens (including phenoxy) is 1. The van der Waals surface area contributed by atoms with Gasteiger partial charge in [0.2, 0.25) is 5.91 Å². The molecule has 0 spiro atoms. The van der Waals surface area contributed by atoms with Crippen molar-refractivity contribution in [2.75, 3.05) is 13.2 Å². The molecule has 5 nitrogen and oxygen atoms in total. The Morgan fingerprint density at radius 2 is 1.62 bits per heavy atom. The van der Waals surface area contributed by atoms with E-state index in [9.17, 15) is 9.59 Å². The van der Waals surface area contributed by atoms with Crippen molar-refractivity contribution in [2.45, 2.75) is 66.0 Å². The number of carbonyl (C=O) groups excluding carboxylic acids is 2. The van der Waals surface area contributed by atoms with E-state index in [0.717, 1.165) is 0 Å². The Morgan fingerprint density at radius 1 is 1.03 bits per heavy atom. The summed E-state index contributed by atoms with van der Waals surface area (Å²) in [7, 11) is 0. The van der Waals surface area contributed by atoms with Crippen LogP contribution >= 0.6 is 23.2 Å². The monoisotopic (exact) mass is 506 g/mol.